The van der Waals surface area contributed by atoms with Crippen molar-refractivity contribution in [2.75, 3.05) is 13.2 Å². The molecule has 0 radical (unpaired) electrons. The molecule has 0 aromatic carbocycles. The van der Waals surface area contributed by atoms with Gasteiger partial charge in [0.25, 0.3) is 0 Å². The van der Waals surface area contributed by atoms with E-state index in [0.717, 1.165) is 13.2 Å². The molecule has 14 heavy (non-hydrogen) atoms. The van der Waals surface area contributed by atoms with Crippen LogP contribution in [-0.4, -0.2) is 25.3 Å². The van der Waals surface area contributed by atoms with Gasteiger partial charge in [-0.15, -0.1) is 0 Å². The first-order valence-corrected chi connectivity index (χ1v) is 5.97. The van der Waals surface area contributed by atoms with E-state index >= 15 is 0 Å². The molecule has 0 bridgehead atoms. The van der Waals surface area contributed by atoms with Crippen LogP contribution in [0.25, 0.3) is 0 Å². The van der Waals surface area contributed by atoms with Crippen molar-refractivity contribution in [3.8, 4) is 0 Å². The molecule has 0 aromatic heterocycles. The van der Waals surface area contributed by atoms with E-state index in [1.165, 1.54) is 19.3 Å². The lowest BCUT2D eigenvalue weighted by Crippen LogP contribution is -2.61. The molecular weight excluding hydrogens is 174 g/mol. The molecule has 1 fully saturated rings. The molecule has 1 N–H and O–H groups in total. The summed E-state index contributed by atoms with van der Waals surface area (Å²) in [5, 5.41) is 3.62. The summed E-state index contributed by atoms with van der Waals surface area (Å²) in [5.74, 6) is 0. The zero-order chi connectivity index (χ0) is 10.6. The van der Waals surface area contributed by atoms with Crippen LogP contribution in [0.15, 0.2) is 0 Å². The van der Waals surface area contributed by atoms with Gasteiger partial charge >= 0.3 is 0 Å². The molecule has 1 saturated carbocycles. The van der Waals surface area contributed by atoms with Gasteiger partial charge in [-0.05, 0) is 26.3 Å². The smallest absolute Gasteiger partial charge is 0.0655 e. The Kier molecular flexibility index (Phi) is 4.39. The second-order valence-electron chi connectivity index (χ2n) is 4.86. The van der Waals surface area contributed by atoms with E-state index in [2.05, 4.69) is 33.0 Å². The SMILES string of the molecule is CCCCNC1CC(OCC)C1(C)C. The highest BCUT2D eigenvalue weighted by Crippen LogP contribution is 2.42. The normalized spacial score (nSPS) is 30.0. The molecule has 2 nitrogen and oxygen atoms in total. The van der Waals surface area contributed by atoms with Crippen molar-refractivity contribution in [1.29, 1.82) is 0 Å². The molecule has 0 spiro atoms. The van der Waals surface area contributed by atoms with Crippen LogP contribution in [0.5, 0.6) is 0 Å². The van der Waals surface area contributed by atoms with E-state index in [-0.39, 0.29) is 0 Å². The molecular formula is C12H25NO. The van der Waals surface area contributed by atoms with Crippen molar-refractivity contribution in [3.63, 3.8) is 0 Å². The Morgan fingerprint density at radius 1 is 1.36 bits per heavy atom. The molecule has 1 aliphatic carbocycles. The molecule has 0 heterocycles. The maximum Gasteiger partial charge on any atom is 0.0655 e. The maximum absolute atomic E-state index is 5.69. The minimum atomic E-state index is 0.323. The first-order valence-electron chi connectivity index (χ1n) is 5.97. The quantitative estimate of drug-likeness (QED) is 0.664. The van der Waals surface area contributed by atoms with Crippen molar-refractivity contribution in [2.45, 2.75) is 59.1 Å². The van der Waals surface area contributed by atoms with Gasteiger partial charge in [0.1, 0.15) is 0 Å². The Hall–Kier alpha value is -0.0800. The summed E-state index contributed by atoms with van der Waals surface area (Å²) in [6.07, 6.45) is 4.21. The number of hydrogen-bond acceptors (Lipinski definition) is 2. The summed E-state index contributed by atoms with van der Waals surface area (Å²) in [7, 11) is 0. The number of rotatable bonds is 6. The number of ether oxygens (including phenoxy) is 1. The summed E-state index contributed by atoms with van der Waals surface area (Å²) in [4.78, 5) is 0. The zero-order valence-electron chi connectivity index (χ0n) is 10.1. The van der Waals surface area contributed by atoms with E-state index in [1.54, 1.807) is 0 Å². The fourth-order valence-electron chi connectivity index (χ4n) is 2.17. The lowest BCUT2D eigenvalue weighted by atomic mass is 9.64. The molecule has 2 unspecified atom stereocenters. The molecule has 0 aromatic rings. The van der Waals surface area contributed by atoms with Crippen LogP contribution in [0.1, 0.15) is 47.0 Å². The Morgan fingerprint density at radius 3 is 2.57 bits per heavy atom. The summed E-state index contributed by atoms with van der Waals surface area (Å²) in [6, 6.07) is 0.658. The van der Waals surface area contributed by atoms with Crippen LogP contribution in [0.3, 0.4) is 0 Å². The number of unbranched alkanes of at least 4 members (excludes halogenated alkanes) is 1. The van der Waals surface area contributed by atoms with Crippen molar-refractivity contribution in [3.05, 3.63) is 0 Å². The number of nitrogens with one attached hydrogen (secondary N) is 1. The van der Waals surface area contributed by atoms with Crippen LogP contribution in [0.4, 0.5) is 0 Å². The van der Waals surface area contributed by atoms with Gasteiger partial charge in [-0.25, -0.2) is 0 Å². The van der Waals surface area contributed by atoms with Crippen molar-refractivity contribution < 1.29 is 4.74 Å². The fraction of sp³-hybridized carbons (Fsp3) is 1.00. The Morgan fingerprint density at radius 2 is 2.07 bits per heavy atom. The van der Waals surface area contributed by atoms with Gasteiger partial charge in [0, 0.05) is 18.1 Å². The van der Waals surface area contributed by atoms with Crippen LogP contribution >= 0.6 is 0 Å². The standard InChI is InChI=1S/C12H25NO/c1-5-7-8-13-10-9-11(14-6-2)12(10,3)4/h10-11,13H,5-9H2,1-4H3. The van der Waals surface area contributed by atoms with Crippen molar-refractivity contribution in [2.24, 2.45) is 5.41 Å². The van der Waals surface area contributed by atoms with Gasteiger partial charge in [0.05, 0.1) is 6.10 Å². The van der Waals surface area contributed by atoms with E-state index in [4.69, 9.17) is 4.74 Å². The maximum atomic E-state index is 5.69. The van der Waals surface area contributed by atoms with Gasteiger partial charge < -0.3 is 10.1 Å². The summed E-state index contributed by atoms with van der Waals surface area (Å²) in [6.45, 7) is 10.9. The molecule has 0 aliphatic heterocycles. The molecule has 1 aliphatic rings. The first-order chi connectivity index (χ1) is 6.62. The van der Waals surface area contributed by atoms with Crippen molar-refractivity contribution >= 4 is 0 Å². The van der Waals surface area contributed by atoms with E-state index in [9.17, 15) is 0 Å². The topological polar surface area (TPSA) is 21.3 Å². The first kappa shape index (κ1) is 12.0. The monoisotopic (exact) mass is 199 g/mol. The Bertz CT molecular complexity index is 166. The van der Waals surface area contributed by atoms with Crippen molar-refractivity contribution in [1.82, 2.24) is 5.32 Å². The highest BCUT2D eigenvalue weighted by atomic mass is 16.5. The van der Waals surface area contributed by atoms with Gasteiger partial charge in [0.15, 0.2) is 0 Å². The second kappa shape index (κ2) is 5.13. The van der Waals surface area contributed by atoms with Crippen LogP contribution in [0.2, 0.25) is 0 Å². The highest BCUT2D eigenvalue weighted by molar-refractivity contribution is 5.02. The van der Waals surface area contributed by atoms with E-state index in [1.807, 2.05) is 0 Å². The summed E-state index contributed by atoms with van der Waals surface area (Å²) < 4.78 is 5.69. The lowest BCUT2D eigenvalue weighted by Gasteiger charge is -2.52. The third-order valence-corrected chi connectivity index (χ3v) is 3.47. The molecule has 1 rings (SSSR count). The predicted molar refractivity (Wildman–Crippen MR) is 60.5 cm³/mol. The molecule has 84 valence electrons. The summed E-state index contributed by atoms with van der Waals surface area (Å²) >= 11 is 0. The van der Waals surface area contributed by atoms with Gasteiger partial charge in [-0.2, -0.15) is 0 Å². The molecule has 2 atom stereocenters. The van der Waals surface area contributed by atoms with E-state index < -0.39 is 0 Å². The summed E-state index contributed by atoms with van der Waals surface area (Å²) in [5.41, 5.74) is 0.323. The zero-order valence-corrected chi connectivity index (χ0v) is 10.1. The Balaban J connectivity index is 2.24. The van der Waals surface area contributed by atoms with Crippen LogP contribution < -0.4 is 5.32 Å². The van der Waals surface area contributed by atoms with Gasteiger partial charge in [0.2, 0.25) is 0 Å². The minimum absolute atomic E-state index is 0.323. The predicted octanol–water partition coefficient (Wildman–Crippen LogP) is 2.58. The fourth-order valence-corrected chi connectivity index (χ4v) is 2.17. The van der Waals surface area contributed by atoms with Gasteiger partial charge in [-0.1, -0.05) is 27.2 Å². The lowest BCUT2D eigenvalue weighted by molar-refractivity contribution is -0.113. The largest absolute Gasteiger partial charge is 0.378 e. The second-order valence-corrected chi connectivity index (χ2v) is 4.86. The van der Waals surface area contributed by atoms with Crippen LogP contribution in [0, 0.1) is 5.41 Å². The Labute approximate surface area is 88.4 Å². The third kappa shape index (κ3) is 2.48. The molecule has 2 heteroatoms. The van der Waals surface area contributed by atoms with Gasteiger partial charge in [-0.3, -0.25) is 0 Å². The highest BCUT2D eigenvalue weighted by Gasteiger charge is 2.48. The molecule has 0 amide bonds. The molecule has 0 saturated heterocycles. The third-order valence-electron chi connectivity index (χ3n) is 3.47. The average molecular weight is 199 g/mol. The number of hydrogen-bond donors (Lipinski definition) is 1. The minimum Gasteiger partial charge on any atom is -0.378 e. The van der Waals surface area contributed by atoms with E-state index in [0.29, 0.717) is 17.6 Å². The average Bonchev–Trinajstić information content (AvgIpc) is 2.15. The van der Waals surface area contributed by atoms with Crippen LogP contribution in [-0.2, 0) is 4.74 Å².